The number of rotatable bonds is 10. The molecule has 0 saturated heterocycles. The SMILES string of the molecule is CCOc1ccc(C(=O)NN=Cc2ccc(OC(=O)c3ccc(OC)cc3)c(OCC)c2)cc1. The van der Waals surface area contributed by atoms with E-state index >= 15 is 0 Å². The first kappa shape index (κ1) is 24.3. The minimum atomic E-state index is -0.521. The van der Waals surface area contributed by atoms with Crippen LogP contribution in [0.5, 0.6) is 23.0 Å². The van der Waals surface area contributed by atoms with Crippen molar-refractivity contribution >= 4 is 18.1 Å². The average Bonchev–Trinajstić information content (AvgIpc) is 2.86. The molecule has 0 radical (unpaired) electrons. The van der Waals surface area contributed by atoms with E-state index < -0.39 is 5.97 Å². The van der Waals surface area contributed by atoms with Gasteiger partial charge in [0.05, 0.1) is 32.1 Å². The molecule has 0 aliphatic carbocycles. The quantitative estimate of drug-likeness (QED) is 0.207. The minimum absolute atomic E-state index is 0.276. The van der Waals surface area contributed by atoms with Gasteiger partial charge in [-0.1, -0.05) is 0 Å². The lowest BCUT2D eigenvalue weighted by molar-refractivity contribution is 0.0728. The second kappa shape index (κ2) is 12.1. The molecule has 0 unspecified atom stereocenters. The maximum Gasteiger partial charge on any atom is 0.343 e. The molecule has 34 heavy (non-hydrogen) atoms. The van der Waals surface area contributed by atoms with Crippen LogP contribution in [0.2, 0.25) is 0 Å². The fraction of sp³-hybridized carbons (Fsp3) is 0.192. The molecule has 3 rings (SSSR count). The molecule has 3 aromatic carbocycles. The van der Waals surface area contributed by atoms with Gasteiger partial charge < -0.3 is 18.9 Å². The molecule has 0 aromatic heterocycles. The lowest BCUT2D eigenvalue weighted by atomic mass is 10.2. The van der Waals surface area contributed by atoms with E-state index in [1.807, 2.05) is 13.8 Å². The van der Waals surface area contributed by atoms with Crippen molar-refractivity contribution in [3.63, 3.8) is 0 Å². The number of esters is 1. The third-order valence-corrected chi connectivity index (χ3v) is 4.60. The lowest BCUT2D eigenvalue weighted by Gasteiger charge is -2.11. The van der Waals surface area contributed by atoms with Crippen LogP contribution in [-0.2, 0) is 0 Å². The summed E-state index contributed by atoms with van der Waals surface area (Å²) in [5.41, 5.74) is 3.97. The van der Waals surface area contributed by atoms with E-state index in [0.29, 0.717) is 47.2 Å². The summed E-state index contributed by atoms with van der Waals surface area (Å²) in [4.78, 5) is 24.8. The highest BCUT2D eigenvalue weighted by atomic mass is 16.6. The molecular weight excluding hydrogens is 436 g/mol. The molecule has 0 fully saturated rings. The molecule has 8 heteroatoms. The summed E-state index contributed by atoms with van der Waals surface area (Å²) in [7, 11) is 1.55. The molecule has 8 nitrogen and oxygen atoms in total. The molecule has 176 valence electrons. The first-order valence-electron chi connectivity index (χ1n) is 10.7. The maximum atomic E-state index is 12.5. The number of hydrogen-bond acceptors (Lipinski definition) is 7. The molecule has 0 aliphatic heterocycles. The van der Waals surface area contributed by atoms with Gasteiger partial charge in [-0.25, -0.2) is 10.2 Å². The highest BCUT2D eigenvalue weighted by Crippen LogP contribution is 2.29. The van der Waals surface area contributed by atoms with E-state index in [2.05, 4.69) is 10.5 Å². The number of benzene rings is 3. The van der Waals surface area contributed by atoms with Crippen LogP contribution < -0.4 is 24.4 Å². The number of methoxy groups -OCH3 is 1. The standard InChI is InChI=1S/C26H26N2O6/c1-4-32-22-13-7-19(8-14-22)25(29)28-27-17-18-6-15-23(24(16-18)33-5-2)34-26(30)20-9-11-21(31-3)12-10-20/h6-17H,4-5H2,1-3H3,(H,28,29). The summed E-state index contributed by atoms with van der Waals surface area (Å²) >= 11 is 0. The van der Waals surface area contributed by atoms with E-state index in [4.69, 9.17) is 18.9 Å². The van der Waals surface area contributed by atoms with Gasteiger partial charge in [0.2, 0.25) is 0 Å². The first-order chi connectivity index (χ1) is 16.5. The Balaban J connectivity index is 1.66. The number of ether oxygens (including phenoxy) is 4. The summed E-state index contributed by atoms with van der Waals surface area (Å²) < 4.78 is 21.6. The van der Waals surface area contributed by atoms with Crippen molar-refractivity contribution in [2.24, 2.45) is 5.10 Å². The largest absolute Gasteiger partial charge is 0.497 e. The van der Waals surface area contributed by atoms with E-state index in [1.165, 1.54) is 6.21 Å². The van der Waals surface area contributed by atoms with Gasteiger partial charge in [-0.15, -0.1) is 0 Å². The molecule has 0 saturated carbocycles. The Morgan fingerprint density at radius 2 is 1.47 bits per heavy atom. The predicted octanol–water partition coefficient (Wildman–Crippen LogP) is 4.48. The fourth-order valence-electron chi connectivity index (χ4n) is 2.94. The molecule has 0 aliphatic rings. The number of hydrogen-bond donors (Lipinski definition) is 1. The third-order valence-electron chi connectivity index (χ3n) is 4.60. The van der Waals surface area contributed by atoms with Gasteiger partial charge in [0.15, 0.2) is 11.5 Å². The number of hydrazone groups is 1. The molecule has 1 amide bonds. The van der Waals surface area contributed by atoms with Gasteiger partial charge in [0, 0.05) is 5.56 Å². The van der Waals surface area contributed by atoms with E-state index in [9.17, 15) is 9.59 Å². The second-order valence-electron chi connectivity index (χ2n) is 6.91. The number of carbonyl (C=O) groups excluding carboxylic acids is 2. The number of amides is 1. The predicted molar refractivity (Wildman–Crippen MR) is 128 cm³/mol. The molecule has 0 heterocycles. The molecule has 0 atom stereocenters. The van der Waals surface area contributed by atoms with E-state index in [0.717, 1.165) is 0 Å². The Kier molecular flexibility index (Phi) is 8.62. The smallest absolute Gasteiger partial charge is 0.343 e. The number of nitrogens with zero attached hydrogens (tertiary/aromatic N) is 1. The van der Waals surface area contributed by atoms with Crippen LogP contribution in [0.1, 0.15) is 40.1 Å². The monoisotopic (exact) mass is 462 g/mol. The van der Waals surface area contributed by atoms with Crippen LogP contribution in [0.3, 0.4) is 0 Å². The molecular formula is C26H26N2O6. The Morgan fingerprint density at radius 3 is 2.12 bits per heavy atom. The third kappa shape index (κ3) is 6.59. The average molecular weight is 463 g/mol. The van der Waals surface area contributed by atoms with Gasteiger partial charge in [-0.2, -0.15) is 5.10 Å². The van der Waals surface area contributed by atoms with E-state index in [-0.39, 0.29) is 11.7 Å². The summed E-state index contributed by atoms with van der Waals surface area (Å²) in [6, 6.07) is 18.4. The minimum Gasteiger partial charge on any atom is -0.497 e. The fourth-order valence-corrected chi connectivity index (χ4v) is 2.94. The Hall–Kier alpha value is -4.33. The van der Waals surface area contributed by atoms with Crippen LogP contribution in [0.15, 0.2) is 71.8 Å². The van der Waals surface area contributed by atoms with Crippen molar-refractivity contribution in [3.05, 3.63) is 83.4 Å². The van der Waals surface area contributed by atoms with Crippen LogP contribution in [0, 0.1) is 0 Å². The van der Waals surface area contributed by atoms with Crippen molar-refractivity contribution in [1.82, 2.24) is 5.43 Å². The van der Waals surface area contributed by atoms with Crippen LogP contribution >= 0.6 is 0 Å². The van der Waals surface area contributed by atoms with Crippen molar-refractivity contribution in [1.29, 1.82) is 0 Å². The Labute approximate surface area is 198 Å². The Morgan fingerprint density at radius 1 is 0.824 bits per heavy atom. The van der Waals surface area contributed by atoms with E-state index in [1.54, 1.807) is 73.8 Å². The van der Waals surface area contributed by atoms with Gasteiger partial charge in [0.1, 0.15) is 11.5 Å². The summed E-state index contributed by atoms with van der Waals surface area (Å²) in [5.74, 6) is 1.12. The zero-order chi connectivity index (χ0) is 24.3. The Bertz CT molecular complexity index is 1140. The summed E-state index contributed by atoms with van der Waals surface area (Å²) in [6.07, 6.45) is 1.48. The first-order valence-corrected chi connectivity index (χ1v) is 10.7. The zero-order valence-electron chi connectivity index (χ0n) is 19.2. The second-order valence-corrected chi connectivity index (χ2v) is 6.91. The highest BCUT2D eigenvalue weighted by Gasteiger charge is 2.13. The molecule has 0 bridgehead atoms. The number of carbonyl (C=O) groups is 2. The molecule has 1 N–H and O–H groups in total. The highest BCUT2D eigenvalue weighted by molar-refractivity contribution is 5.95. The lowest BCUT2D eigenvalue weighted by Crippen LogP contribution is -2.17. The van der Waals surface area contributed by atoms with Crippen LogP contribution in [0.4, 0.5) is 0 Å². The van der Waals surface area contributed by atoms with Gasteiger partial charge in [-0.3, -0.25) is 4.79 Å². The summed E-state index contributed by atoms with van der Waals surface area (Å²) in [5, 5.41) is 4.00. The molecule has 3 aromatic rings. The van der Waals surface area contributed by atoms with Crippen LogP contribution in [0.25, 0.3) is 0 Å². The van der Waals surface area contributed by atoms with Gasteiger partial charge >= 0.3 is 5.97 Å². The normalized spacial score (nSPS) is 10.6. The van der Waals surface area contributed by atoms with Crippen molar-refractivity contribution in [2.45, 2.75) is 13.8 Å². The van der Waals surface area contributed by atoms with Gasteiger partial charge in [0.25, 0.3) is 5.91 Å². The van der Waals surface area contributed by atoms with Crippen molar-refractivity contribution < 1.29 is 28.5 Å². The zero-order valence-corrected chi connectivity index (χ0v) is 19.2. The van der Waals surface area contributed by atoms with Crippen molar-refractivity contribution in [2.75, 3.05) is 20.3 Å². The van der Waals surface area contributed by atoms with Gasteiger partial charge in [-0.05, 0) is 86.1 Å². The van der Waals surface area contributed by atoms with Crippen molar-refractivity contribution in [3.8, 4) is 23.0 Å². The molecule has 0 spiro atoms. The van der Waals surface area contributed by atoms with Crippen LogP contribution in [-0.4, -0.2) is 38.4 Å². The maximum absolute atomic E-state index is 12.5. The summed E-state index contributed by atoms with van der Waals surface area (Å²) in [6.45, 7) is 4.65. The number of nitrogens with one attached hydrogen (secondary N) is 1. The topological polar surface area (TPSA) is 95.5 Å².